The largest absolute Gasteiger partial charge is 0.416 e. The Balaban J connectivity index is 1.42. The summed E-state index contributed by atoms with van der Waals surface area (Å²) in [7, 11) is 0. The van der Waals surface area contributed by atoms with Crippen molar-refractivity contribution in [3.63, 3.8) is 0 Å². The highest BCUT2D eigenvalue weighted by Gasteiger charge is 2.34. The van der Waals surface area contributed by atoms with Gasteiger partial charge in [0.15, 0.2) is 5.01 Å². The topological polar surface area (TPSA) is 83.6 Å². The first-order valence-electron chi connectivity index (χ1n) is 10.2. The molecule has 0 spiro atoms. The smallest absolute Gasteiger partial charge is 0.346 e. The number of nitrogens with zero attached hydrogens (tertiary/aromatic N) is 3. The van der Waals surface area contributed by atoms with E-state index in [1.165, 1.54) is 23.7 Å². The Morgan fingerprint density at radius 1 is 1.16 bits per heavy atom. The van der Waals surface area contributed by atoms with E-state index >= 15 is 0 Å². The van der Waals surface area contributed by atoms with Gasteiger partial charge in [0, 0.05) is 28.6 Å². The number of alkyl halides is 3. The molecular weight excluding hydrogens is 439 g/mol. The van der Waals surface area contributed by atoms with Crippen LogP contribution in [0.1, 0.15) is 44.3 Å². The Kier molecular flexibility index (Phi) is 5.16. The fourth-order valence-corrected chi connectivity index (χ4v) is 5.01. The standard InChI is InChI=1S/C22H18F3N5OS/c23-22(24,25)15-9-12(18-14-7-8-26-19(14)29-11-28-18)5-6-13(15)10-27-20(31)21-30-16-3-1-2-4-17(16)32-21/h5-9,11H,1-4,10H2,(H,27,31)(H,26,28,29). The van der Waals surface area contributed by atoms with Gasteiger partial charge >= 0.3 is 6.18 Å². The third-order valence-corrected chi connectivity index (χ3v) is 6.68. The fraction of sp³-hybridized carbons (Fsp3) is 0.273. The molecule has 1 aromatic carbocycles. The molecule has 0 unspecified atom stereocenters. The first-order chi connectivity index (χ1) is 15.4. The van der Waals surface area contributed by atoms with Crippen molar-refractivity contribution in [1.29, 1.82) is 0 Å². The predicted molar refractivity (Wildman–Crippen MR) is 114 cm³/mol. The summed E-state index contributed by atoms with van der Waals surface area (Å²) in [5.41, 5.74) is 1.39. The summed E-state index contributed by atoms with van der Waals surface area (Å²) in [4.78, 5) is 29.2. The lowest BCUT2D eigenvalue weighted by Crippen LogP contribution is -2.24. The van der Waals surface area contributed by atoms with E-state index in [0.717, 1.165) is 42.3 Å². The average Bonchev–Trinajstić information content (AvgIpc) is 3.43. The number of carbonyl (C=O) groups excluding carboxylic acids is 1. The van der Waals surface area contributed by atoms with Gasteiger partial charge in [0.1, 0.15) is 12.0 Å². The number of aromatic nitrogens is 4. The van der Waals surface area contributed by atoms with Gasteiger partial charge in [0.2, 0.25) is 0 Å². The van der Waals surface area contributed by atoms with Crippen molar-refractivity contribution in [2.75, 3.05) is 0 Å². The molecule has 4 aromatic rings. The molecule has 0 atom stereocenters. The predicted octanol–water partition coefficient (Wildman–Crippen LogP) is 4.91. The molecular formula is C22H18F3N5OS. The van der Waals surface area contributed by atoms with Crippen LogP contribution in [0.5, 0.6) is 0 Å². The van der Waals surface area contributed by atoms with Gasteiger partial charge in [0.25, 0.3) is 5.91 Å². The number of rotatable bonds is 4. The van der Waals surface area contributed by atoms with E-state index < -0.39 is 17.6 Å². The van der Waals surface area contributed by atoms with Crippen LogP contribution in [0.25, 0.3) is 22.3 Å². The van der Waals surface area contributed by atoms with Crippen LogP contribution in [-0.4, -0.2) is 25.8 Å². The van der Waals surface area contributed by atoms with Gasteiger partial charge in [-0.15, -0.1) is 11.3 Å². The quantitative estimate of drug-likeness (QED) is 0.456. The number of aromatic amines is 1. The van der Waals surface area contributed by atoms with Crippen LogP contribution in [0.15, 0.2) is 36.8 Å². The van der Waals surface area contributed by atoms with Crippen molar-refractivity contribution in [3.05, 3.63) is 63.5 Å². The summed E-state index contributed by atoms with van der Waals surface area (Å²) in [6, 6.07) is 5.75. The Labute approximate surface area is 184 Å². The van der Waals surface area contributed by atoms with Crippen LogP contribution in [0.4, 0.5) is 13.2 Å². The number of amides is 1. The number of benzene rings is 1. The van der Waals surface area contributed by atoms with E-state index in [4.69, 9.17) is 0 Å². The second-order valence-electron chi connectivity index (χ2n) is 7.61. The number of aryl methyl sites for hydroxylation is 2. The van der Waals surface area contributed by atoms with Gasteiger partial charge in [-0.1, -0.05) is 12.1 Å². The Bertz CT molecular complexity index is 1290. The Morgan fingerprint density at radius 3 is 2.81 bits per heavy atom. The van der Waals surface area contributed by atoms with Crippen molar-refractivity contribution >= 4 is 28.3 Å². The molecule has 3 aromatic heterocycles. The van der Waals surface area contributed by atoms with Crippen LogP contribution in [-0.2, 0) is 25.6 Å². The van der Waals surface area contributed by atoms with Crippen molar-refractivity contribution < 1.29 is 18.0 Å². The van der Waals surface area contributed by atoms with Crippen molar-refractivity contribution in [3.8, 4) is 11.3 Å². The molecule has 0 bridgehead atoms. The zero-order chi connectivity index (χ0) is 22.3. The van der Waals surface area contributed by atoms with Crippen molar-refractivity contribution in [2.45, 2.75) is 38.4 Å². The monoisotopic (exact) mass is 457 g/mol. The van der Waals surface area contributed by atoms with Gasteiger partial charge in [-0.2, -0.15) is 13.2 Å². The summed E-state index contributed by atoms with van der Waals surface area (Å²) in [5.74, 6) is -0.452. The average molecular weight is 457 g/mol. The van der Waals surface area contributed by atoms with Gasteiger partial charge in [0.05, 0.1) is 17.0 Å². The number of H-pyrrole nitrogens is 1. The number of nitrogens with one attached hydrogen (secondary N) is 2. The number of fused-ring (bicyclic) bond motifs is 2. The molecule has 0 saturated carbocycles. The minimum Gasteiger partial charge on any atom is -0.346 e. The highest BCUT2D eigenvalue weighted by molar-refractivity contribution is 7.13. The SMILES string of the molecule is O=C(NCc1ccc(-c2ncnc3[nH]ccc23)cc1C(F)(F)F)c1nc2c(s1)CCCC2. The fourth-order valence-electron chi connectivity index (χ4n) is 3.94. The third kappa shape index (κ3) is 3.86. The van der Waals surface area contributed by atoms with Gasteiger partial charge in [-0.3, -0.25) is 4.79 Å². The normalized spacial score (nSPS) is 13.8. The number of thiazole rings is 1. The van der Waals surface area contributed by atoms with Crippen LogP contribution in [0.3, 0.4) is 0 Å². The van der Waals surface area contributed by atoms with Crippen LogP contribution < -0.4 is 5.32 Å². The second kappa shape index (κ2) is 8.01. The minimum atomic E-state index is -4.58. The van der Waals surface area contributed by atoms with E-state index in [-0.39, 0.29) is 12.1 Å². The van der Waals surface area contributed by atoms with E-state index in [9.17, 15) is 18.0 Å². The maximum absolute atomic E-state index is 13.8. The number of carbonyl (C=O) groups is 1. The molecule has 1 amide bonds. The molecule has 164 valence electrons. The van der Waals surface area contributed by atoms with Crippen LogP contribution in [0.2, 0.25) is 0 Å². The number of halogens is 3. The highest BCUT2D eigenvalue weighted by atomic mass is 32.1. The molecule has 1 aliphatic carbocycles. The maximum atomic E-state index is 13.8. The number of hydrogen-bond acceptors (Lipinski definition) is 5. The molecule has 0 fully saturated rings. The summed E-state index contributed by atoms with van der Waals surface area (Å²) in [6.45, 7) is -0.248. The van der Waals surface area contributed by atoms with Gasteiger partial charge < -0.3 is 10.3 Å². The van der Waals surface area contributed by atoms with Gasteiger partial charge in [-0.05, 0) is 43.4 Å². The first kappa shape index (κ1) is 20.6. The molecule has 10 heteroatoms. The summed E-state index contributed by atoms with van der Waals surface area (Å²) >= 11 is 1.33. The van der Waals surface area contributed by atoms with E-state index in [2.05, 4.69) is 25.3 Å². The molecule has 32 heavy (non-hydrogen) atoms. The third-order valence-electron chi connectivity index (χ3n) is 5.52. The molecule has 5 rings (SSSR count). The molecule has 6 nitrogen and oxygen atoms in total. The molecule has 1 aliphatic rings. The molecule has 0 saturated heterocycles. The summed E-state index contributed by atoms with van der Waals surface area (Å²) in [5, 5.41) is 3.54. The van der Waals surface area contributed by atoms with Crippen molar-refractivity contribution in [2.24, 2.45) is 0 Å². The maximum Gasteiger partial charge on any atom is 0.416 e. The van der Waals surface area contributed by atoms with E-state index in [1.54, 1.807) is 18.3 Å². The number of hydrogen-bond donors (Lipinski definition) is 2. The van der Waals surface area contributed by atoms with E-state index in [0.29, 0.717) is 27.3 Å². The Hall–Kier alpha value is -3.27. The molecule has 0 aliphatic heterocycles. The van der Waals surface area contributed by atoms with Crippen LogP contribution >= 0.6 is 11.3 Å². The lowest BCUT2D eigenvalue weighted by molar-refractivity contribution is -0.138. The Morgan fingerprint density at radius 2 is 2.00 bits per heavy atom. The molecule has 2 N–H and O–H groups in total. The van der Waals surface area contributed by atoms with Crippen LogP contribution in [0, 0.1) is 0 Å². The second-order valence-corrected chi connectivity index (χ2v) is 8.69. The lowest BCUT2D eigenvalue weighted by atomic mass is 10.00. The molecule has 0 radical (unpaired) electrons. The zero-order valence-corrected chi connectivity index (χ0v) is 17.6. The lowest BCUT2D eigenvalue weighted by Gasteiger charge is -2.15. The van der Waals surface area contributed by atoms with E-state index in [1.807, 2.05) is 0 Å². The minimum absolute atomic E-state index is 0.0183. The molecule has 3 heterocycles. The highest BCUT2D eigenvalue weighted by Crippen LogP contribution is 2.36. The zero-order valence-electron chi connectivity index (χ0n) is 16.8. The van der Waals surface area contributed by atoms with Gasteiger partial charge in [-0.25, -0.2) is 15.0 Å². The van der Waals surface area contributed by atoms with Crippen molar-refractivity contribution in [1.82, 2.24) is 25.3 Å². The summed E-state index contributed by atoms with van der Waals surface area (Å²) in [6.07, 6.45) is 2.24. The summed E-state index contributed by atoms with van der Waals surface area (Å²) < 4.78 is 41.5. The first-order valence-corrected chi connectivity index (χ1v) is 11.0.